The standard InChI is InChI=1S/C14H20N6OS2/c1-10-16-4-7-20(10)8-11-2-5-19(6-3-11)12(21)9-22-14-18-17-13(15)23-14/h4,7,11H,2-3,5-6,8-9H2,1H3,(H2,15,17). The first-order valence-corrected chi connectivity index (χ1v) is 9.39. The van der Waals surface area contributed by atoms with E-state index in [1.807, 2.05) is 24.2 Å². The number of carbonyl (C=O) groups is 1. The van der Waals surface area contributed by atoms with E-state index >= 15 is 0 Å². The Morgan fingerprint density at radius 3 is 2.83 bits per heavy atom. The van der Waals surface area contributed by atoms with Crippen LogP contribution in [-0.2, 0) is 11.3 Å². The zero-order valence-electron chi connectivity index (χ0n) is 13.0. The molecule has 0 unspecified atom stereocenters. The van der Waals surface area contributed by atoms with Gasteiger partial charge in [-0.25, -0.2) is 4.98 Å². The number of nitrogen functional groups attached to an aromatic ring is 1. The first-order chi connectivity index (χ1) is 11.1. The number of carbonyl (C=O) groups excluding carboxylic acids is 1. The van der Waals surface area contributed by atoms with Gasteiger partial charge in [-0.05, 0) is 25.7 Å². The second-order valence-corrected chi connectivity index (χ2v) is 7.88. The quantitative estimate of drug-likeness (QED) is 0.823. The van der Waals surface area contributed by atoms with Crippen molar-refractivity contribution in [2.24, 2.45) is 5.92 Å². The summed E-state index contributed by atoms with van der Waals surface area (Å²) in [6, 6.07) is 0. The van der Waals surface area contributed by atoms with E-state index in [4.69, 9.17) is 5.73 Å². The predicted molar refractivity (Wildman–Crippen MR) is 91.3 cm³/mol. The van der Waals surface area contributed by atoms with Crippen molar-refractivity contribution in [1.29, 1.82) is 0 Å². The summed E-state index contributed by atoms with van der Waals surface area (Å²) in [5.74, 6) is 2.24. The lowest BCUT2D eigenvalue weighted by atomic mass is 9.96. The highest BCUT2D eigenvalue weighted by Crippen LogP contribution is 2.25. The average Bonchev–Trinajstić information content (AvgIpc) is 3.14. The summed E-state index contributed by atoms with van der Waals surface area (Å²) in [7, 11) is 0. The Hall–Kier alpha value is -1.61. The fraction of sp³-hybridized carbons (Fsp3) is 0.571. The summed E-state index contributed by atoms with van der Waals surface area (Å²) in [4.78, 5) is 18.5. The molecule has 1 aliphatic heterocycles. The third-order valence-corrected chi connectivity index (χ3v) is 5.96. The topological polar surface area (TPSA) is 89.9 Å². The molecular weight excluding hydrogens is 332 g/mol. The Balaban J connectivity index is 1.43. The normalized spacial score (nSPS) is 16.0. The number of imidazole rings is 1. The molecule has 124 valence electrons. The molecule has 3 heterocycles. The monoisotopic (exact) mass is 352 g/mol. The van der Waals surface area contributed by atoms with Crippen molar-refractivity contribution in [2.75, 3.05) is 24.6 Å². The second kappa shape index (κ2) is 7.31. The molecule has 2 aromatic rings. The van der Waals surface area contributed by atoms with Crippen molar-refractivity contribution < 1.29 is 4.79 Å². The van der Waals surface area contributed by atoms with E-state index in [-0.39, 0.29) is 5.91 Å². The van der Waals surface area contributed by atoms with E-state index in [9.17, 15) is 4.79 Å². The summed E-state index contributed by atoms with van der Waals surface area (Å²) < 4.78 is 2.94. The van der Waals surface area contributed by atoms with Crippen molar-refractivity contribution in [3.05, 3.63) is 18.2 Å². The lowest BCUT2D eigenvalue weighted by molar-refractivity contribution is -0.129. The number of nitrogens with two attached hydrogens (primary N) is 1. The summed E-state index contributed by atoms with van der Waals surface area (Å²) in [6.07, 6.45) is 5.95. The molecule has 1 fully saturated rings. The predicted octanol–water partition coefficient (Wildman–Crippen LogP) is 1.66. The Kier molecular flexibility index (Phi) is 5.16. The molecule has 9 heteroatoms. The molecule has 1 amide bonds. The van der Waals surface area contributed by atoms with Gasteiger partial charge in [-0.1, -0.05) is 23.1 Å². The highest BCUT2D eigenvalue weighted by molar-refractivity contribution is 8.01. The van der Waals surface area contributed by atoms with Crippen LogP contribution in [0.25, 0.3) is 0 Å². The molecule has 0 radical (unpaired) electrons. The number of aryl methyl sites for hydroxylation is 1. The van der Waals surface area contributed by atoms with Gasteiger partial charge >= 0.3 is 0 Å². The van der Waals surface area contributed by atoms with Crippen LogP contribution >= 0.6 is 23.1 Å². The third-order valence-electron chi connectivity index (χ3n) is 4.09. The second-order valence-electron chi connectivity index (χ2n) is 5.65. The first kappa shape index (κ1) is 16.3. The van der Waals surface area contributed by atoms with E-state index in [1.165, 1.54) is 23.1 Å². The van der Waals surface area contributed by atoms with Crippen LogP contribution in [0.3, 0.4) is 0 Å². The lowest BCUT2D eigenvalue weighted by Crippen LogP contribution is -2.40. The van der Waals surface area contributed by atoms with Crippen LogP contribution in [0.1, 0.15) is 18.7 Å². The van der Waals surface area contributed by atoms with Crippen LogP contribution in [0.4, 0.5) is 5.13 Å². The zero-order chi connectivity index (χ0) is 16.2. The Morgan fingerprint density at radius 2 is 2.22 bits per heavy atom. The van der Waals surface area contributed by atoms with Gasteiger partial charge in [0, 0.05) is 32.0 Å². The SMILES string of the molecule is Cc1nccn1CC1CCN(C(=O)CSc2nnc(N)s2)CC1. The Bertz CT molecular complexity index is 662. The largest absolute Gasteiger partial charge is 0.374 e. The van der Waals surface area contributed by atoms with Gasteiger partial charge in [0.2, 0.25) is 11.0 Å². The Labute approximate surface area is 143 Å². The van der Waals surface area contributed by atoms with Gasteiger partial charge in [0.25, 0.3) is 0 Å². The summed E-state index contributed by atoms with van der Waals surface area (Å²) in [5, 5.41) is 8.11. The molecule has 0 aliphatic carbocycles. The first-order valence-electron chi connectivity index (χ1n) is 7.59. The van der Waals surface area contributed by atoms with Crippen LogP contribution in [0.2, 0.25) is 0 Å². The number of hydrogen-bond donors (Lipinski definition) is 1. The maximum atomic E-state index is 12.3. The molecule has 0 atom stereocenters. The van der Waals surface area contributed by atoms with Crippen LogP contribution in [0, 0.1) is 12.8 Å². The number of hydrogen-bond acceptors (Lipinski definition) is 7. The summed E-state index contributed by atoms with van der Waals surface area (Å²) in [6.45, 7) is 4.68. The lowest BCUT2D eigenvalue weighted by Gasteiger charge is -2.32. The van der Waals surface area contributed by atoms with Crippen LogP contribution < -0.4 is 5.73 Å². The fourth-order valence-electron chi connectivity index (χ4n) is 2.73. The molecule has 2 N–H and O–H groups in total. The number of rotatable bonds is 5. The number of nitrogens with zero attached hydrogens (tertiary/aromatic N) is 5. The van der Waals surface area contributed by atoms with Gasteiger partial charge in [0.15, 0.2) is 4.34 Å². The van der Waals surface area contributed by atoms with Gasteiger partial charge in [-0.15, -0.1) is 10.2 Å². The fourth-order valence-corrected chi connectivity index (χ4v) is 4.27. The number of anilines is 1. The highest BCUT2D eigenvalue weighted by Gasteiger charge is 2.23. The third kappa shape index (κ3) is 4.23. The minimum absolute atomic E-state index is 0.168. The molecule has 2 aromatic heterocycles. The van der Waals surface area contributed by atoms with Crippen LogP contribution in [-0.4, -0.2) is 49.4 Å². The number of amides is 1. The van der Waals surface area contributed by atoms with Gasteiger partial charge in [0.1, 0.15) is 5.82 Å². The summed E-state index contributed by atoms with van der Waals surface area (Å²) in [5.41, 5.74) is 5.54. The minimum Gasteiger partial charge on any atom is -0.374 e. The molecule has 0 bridgehead atoms. The van der Waals surface area contributed by atoms with Crippen molar-refractivity contribution in [3.63, 3.8) is 0 Å². The van der Waals surface area contributed by atoms with Gasteiger partial charge in [0.05, 0.1) is 5.75 Å². The summed E-state index contributed by atoms with van der Waals surface area (Å²) >= 11 is 2.73. The molecule has 3 rings (SSSR count). The number of piperidine rings is 1. The van der Waals surface area contributed by atoms with Crippen molar-refractivity contribution in [2.45, 2.75) is 30.6 Å². The highest BCUT2D eigenvalue weighted by atomic mass is 32.2. The van der Waals surface area contributed by atoms with E-state index in [0.29, 0.717) is 16.8 Å². The minimum atomic E-state index is 0.168. The van der Waals surface area contributed by atoms with Crippen molar-refractivity contribution in [1.82, 2.24) is 24.6 Å². The van der Waals surface area contributed by atoms with E-state index in [2.05, 4.69) is 19.7 Å². The van der Waals surface area contributed by atoms with Crippen molar-refractivity contribution in [3.8, 4) is 0 Å². The molecule has 0 saturated carbocycles. The maximum absolute atomic E-state index is 12.3. The number of likely N-dealkylation sites (tertiary alicyclic amines) is 1. The molecule has 7 nitrogen and oxygen atoms in total. The Morgan fingerprint density at radius 1 is 1.43 bits per heavy atom. The van der Waals surface area contributed by atoms with Gasteiger partial charge < -0.3 is 15.2 Å². The van der Waals surface area contributed by atoms with Gasteiger partial charge in [-0.2, -0.15) is 0 Å². The molecule has 0 spiro atoms. The molecular formula is C14H20N6OS2. The smallest absolute Gasteiger partial charge is 0.233 e. The van der Waals surface area contributed by atoms with Crippen molar-refractivity contribution >= 4 is 34.1 Å². The molecule has 1 aliphatic rings. The molecule has 23 heavy (non-hydrogen) atoms. The van der Waals surface area contributed by atoms with E-state index in [0.717, 1.165) is 42.6 Å². The zero-order valence-corrected chi connectivity index (χ0v) is 14.6. The maximum Gasteiger partial charge on any atom is 0.233 e. The van der Waals surface area contributed by atoms with E-state index in [1.54, 1.807) is 0 Å². The number of aromatic nitrogens is 4. The van der Waals surface area contributed by atoms with Gasteiger partial charge in [-0.3, -0.25) is 4.79 Å². The van der Waals surface area contributed by atoms with Crippen LogP contribution in [0.5, 0.6) is 0 Å². The molecule has 0 aromatic carbocycles. The average molecular weight is 352 g/mol. The van der Waals surface area contributed by atoms with E-state index < -0.39 is 0 Å². The van der Waals surface area contributed by atoms with Crippen LogP contribution in [0.15, 0.2) is 16.7 Å². The molecule has 1 saturated heterocycles. The number of thioether (sulfide) groups is 1.